The second-order valence-electron chi connectivity index (χ2n) is 7.22. The van der Waals surface area contributed by atoms with Crippen LogP contribution in [-0.4, -0.2) is 48.7 Å². The van der Waals surface area contributed by atoms with Crippen LogP contribution in [0.5, 0.6) is 5.75 Å². The van der Waals surface area contributed by atoms with Crippen molar-refractivity contribution in [2.75, 3.05) is 31.6 Å². The summed E-state index contributed by atoms with van der Waals surface area (Å²) in [5.41, 5.74) is -0.362. The Kier molecular flexibility index (Phi) is 7.42. The number of amidine groups is 1. The van der Waals surface area contributed by atoms with Gasteiger partial charge < -0.3 is 15.0 Å². The van der Waals surface area contributed by atoms with Gasteiger partial charge in [-0.1, -0.05) is 22.1 Å². The molecule has 2 aromatic carbocycles. The molecule has 11 heteroatoms. The molecule has 0 bridgehead atoms. The Labute approximate surface area is 199 Å². The van der Waals surface area contributed by atoms with Gasteiger partial charge in [0, 0.05) is 25.9 Å². The van der Waals surface area contributed by atoms with Crippen LogP contribution in [-0.2, 0) is 0 Å². The number of benzene rings is 2. The lowest BCUT2D eigenvalue weighted by Gasteiger charge is -2.16. The number of carbonyl (C=O) groups excluding carboxylic acids is 2. The fraction of sp³-hybridized carbons (Fsp3) is 0.130. The number of amides is 2. The van der Waals surface area contributed by atoms with Gasteiger partial charge in [0.2, 0.25) is 0 Å². The number of nitrogens with one attached hydrogen (secondary N) is 2. The van der Waals surface area contributed by atoms with Crippen LogP contribution in [0.15, 0.2) is 54.7 Å². The van der Waals surface area contributed by atoms with E-state index in [2.05, 4.69) is 10.3 Å². The highest BCUT2D eigenvalue weighted by Gasteiger charge is 2.24. The van der Waals surface area contributed by atoms with E-state index in [4.69, 9.17) is 21.7 Å². The third-order valence-electron chi connectivity index (χ3n) is 4.73. The summed E-state index contributed by atoms with van der Waals surface area (Å²) >= 11 is 5.75. The van der Waals surface area contributed by atoms with E-state index in [1.165, 1.54) is 60.7 Å². The van der Waals surface area contributed by atoms with Crippen LogP contribution < -0.4 is 15.2 Å². The minimum absolute atomic E-state index is 0.0627. The van der Waals surface area contributed by atoms with Crippen molar-refractivity contribution < 1.29 is 23.2 Å². The van der Waals surface area contributed by atoms with Crippen LogP contribution in [0.2, 0.25) is 5.02 Å². The summed E-state index contributed by atoms with van der Waals surface area (Å²) in [6.07, 6.45) is 1.17. The quantitative estimate of drug-likeness (QED) is 0.302. The van der Waals surface area contributed by atoms with E-state index in [0.717, 1.165) is 6.07 Å². The largest absolute Gasteiger partial charge is 0.497 e. The number of hydrogen-bond acceptors (Lipinski definition) is 5. The van der Waals surface area contributed by atoms with E-state index in [1.54, 1.807) is 14.1 Å². The number of ether oxygens (including phenoxy) is 1. The number of pyridine rings is 1. The lowest BCUT2D eigenvalue weighted by atomic mass is 10.1. The van der Waals surface area contributed by atoms with E-state index in [-0.39, 0.29) is 49.9 Å². The van der Waals surface area contributed by atoms with Gasteiger partial charge in [0.15, 0.2) is 5.82 Å². The molecule has 0 radical (unpaired) electrons. The summed E-state index contributed by atoms with van der Waals surface area (Å²) in [6.45, 7) is 0. The molecule has 3 rings (SSSR count). The number of carbonyl (C=O) groups is 2. The van der Waals surface area contributed by atoms with Gasteiger partial charge in [-0.25, -0.2) is 9.37 Å². The van der Waals surface area contributed by atoms with Crippen molar-refractivity contribution in [2.24, 2.45) is 0 Å². The molecule has 0 spiro atoms. The van der Waals surface area contributed by atoms with Crippen molar-refractivity contribution in [3.63, 3.8) is 0 Å². The minimum Gasteiger partial charge on any atom is -0.497 e. The monoisotopic (exact) mass is 487 g/mol. The summed E-state index contributed by atoms with van der Waals surface area (Å²) in [5, 5.41) is 10.4. The summed E-state index contributed by atoms with van der Waals surface area (Å²) in [6, 6.07) is 10.3. The minimum atomic E-state index is -1.14. The van der Waals surface area contributed by atoms with Crippen LogP contribution in [0.25, 0.3) is 0 Å². The van der Waals surface area contributed by atoms with Crippen LogP contribution >= 0.6 is 11.6 Å². The molecule has 1 aromatic heterocycles. The lowest BCUT2D eigenvalue weighted by Crippen LogP contribution is -2.25. The molecule has 1 heterocycles. The topological polar surface area (TPSA) is 98.6 Å². The van der Waals surface area contributed by atoms with Gasteiger partial charge in [0.25, 0.3) is 11.8 Å². The molecule has 2 amide bonds. The van der Waals surface area contributed by atoms with Gasteiger partial charge in [-0.2, -0.15) is 0 Å². The first kappa shape index (κ1) is 24.6. The zero-order valence-corrected chi connectivity index (χ0v) is 19.2. The van der Waals surface area contributed by atoms with Crippen molar-refractivity contribution in [1.29, 1.82) is 5.41 Å². The first-order chi connectivity index (χ1) is 16.1. The highest BCUT2D eigenvalue weighted by molar-refractivity contribution is 6.30. The van der Waals surface area contributed by atoms with Crippen LogP contribution in [0.1, 0.15) is 26.3 Å². The normalized spacial score (nSPS) is 10.4. The molecule has 0 saturated carbocycles. The van der Waals surface area contributed by atoms with Crippen LogP contribution in [0.3, 0.4) is 0 Å². The van der Waals surface area contributed by atoms with Gasteiger partial charge >= 0.3 is 0 Å². The zero-order chi connectivity index (χ0) is 25.0. The Morgan fingerprint density at radius 2 is 1.82 bits per heavy atom. The summed E-state index contributed by atoms with van der Waals surface area (Å²) in [4.78, 5) is 30.9. The summed E-state index contributed by atoms with van der Waals surface area (Å²) < 4.78 is 34.6. The second kappa shape index (κ2) is 10.3. The maximum atomic E-state index is 14.8. The zero-order valence-electron chi connectivity index (χ0n) is 18.4. The highest BCUT2D eigenvalue weighted by Crippen LogP contribution is 2.27. The maximum absolute atomic E-state index is 14.8. The van der Waals surface area contributed by atoms with Crippen molar-refractivity contribution >= 4 is 40.8 Å². The molecule has 0 unspecified atom stereocenters. The van der Waals surface area contributed by atoms with E-state index in [0.29, 0.717) is 0 Å². The molecular formula is C23H20ClF2N5O3. The molecule has 34 heavy (non-hydrogen) atoms. The number of hydrogen-bond donors (Lipinski definition) is 2. The van der Waals surface area contributed by atoms with Crippen LogP contribution in [0, 0.1) is 11.2 Å². The number of anilines is 2. The lowest BCUT2D eigenvalue weighted by molar-refractivity contribution is 0.0930. The molecule has 0 aliphatic rings. The third kappa shape index (κ3) is 5.29. The molecule has 0 aliphatic carbocycles. The molecule has 176 valence electrons. The molecule has 0 saturated heterocycles. The molecule has 0 fully saturated rings. The second-order valence-corrected chi connectivity index (χ2v) is 7.66. The number of halogens is 3. The van der Waals surface area contributed by atoms with Crippen LogP contribution in [0.4, 0.5) is 20.4 Å². The third-order valence-corrected chi connectivity index (χ3v) is 4.95. The fourth-order valence-electron chi connectivity index (χ4n) is 2.92. The van der Waals surface area contributed by atoms with E-state index in [9.17, 15) is 18.5 Å². The van der Waals surface area contributed by atoms with Gasteiger partial charge in [0.1, 0.15) is 17.4 Å². The Bertz CT molecular complexity index is 1250. The molecule has 0 aliphatic heterocycles. The van der Waals surface area contributed by atoms with Gasteiger partial charge in [-0.15, -0.1) is 5.12 Å². The van der Waals surface area contributed by atoms with Gasteiger partial charge in [-0.3, -0.25) is 15.0 Å². The predicted molar refractivity (Wildman–Crippen MR) is 125 cm³/mol. The number of nitrogens with zero attached hydrogens (tertiary/aromatic N) is 3. The standard InChI is InChI=1S/C23H20ClF2N5O3/c1-30(2)21(27)13-4-7-16(18(25)10-13)22(32)29-19-8-6-15(34-3)11-17(19)23(33)31(26)20-9-5-14(24)12-28-20/h4-12,27H,1-3H3,(H,29,32). The van der Waals surface area contributed by atoms with E-state index < -0.39 is 17.6 Å². The molecule has 8 nitrogen and oxygen atoms in total. The molecule has 2 N–H and O–H groups in total. The first-order valence-corrected chi connectivity index (χ1v) is 10.2. The molecule has 3 aromatic rings. The Morgan fingerprint density at radius 3 is 2.41 bits per heavy atom. The smallest absolute Gasteiger partial charge is 0.290 e. The van der Waals surface area contributed by atoms with Crippen molar-refractivity contribution in [3.05, 3.63) is 82.3 Å². The van der Waals surface area contributed by atoms with Crippen molar-refractivity contribution in [1.82, 2.24) is 9.88 Å². The SMILES string of the molecule is COc1ccc(NC(=O)c2ccc(C(=N)N(C)C)cc2F)c(C(=O)N(F)c2ccc(Cl)cn2)c1. The molecule has 0 atom stereocenters. The predicted octanol–water partition coefficient (Wildman–Crippen LogP) is 4.55. The van der Waals surface area contributed by atoms with E-state index in [1.807, 2.05) is 0 Å². The highest BCUT2D eigenvalue weighted by atomic mass is 35.5. The van der Waals surface area contributed by atoms with Gasteiger partial charge in [-0.05, 0) is 42.5 Å². The molecular weight excluding hydrogens is 468 g/mol. The Hall–Kier alpha value is -4.05. The van der Waals surface area contributed by atoms with E-state index >= 15 is 0 Å². The average molecular weight is 488 g/mol. The van der Waals surface area contributed by atoms with Crippen molar-refractivity contribution in [2.45, 2.75) is 0 Å². The van der Waals surface area contributed by atoms with Gasteiger partial charge in [0.05, 0.1) is 28.9 Å². The summed E-state index contributed by atoms with van der Waals surface area (Å²) in [5.74, 6) is -2.89. The number of rotatable bonds is 6. The maximum Gasteiger partial charge on any atom is 0.290 e. The Balaban J connectivity index is 1.92. The Morgan fingerprint density at radius 1 is 1.09 bits per heavy atom. The number of methoxy groups -OCH3 is 1. The van der Waals surface area contributed by atoms with Crippen molar-refractivity contribution in [3.8, 4) is 5.75 Å². The average Bonchev–Trinajstić information content (AvgIpc) is 2.83. The first-order valence-electron chi connectivity index (χ1n) is 9.79. The number of aromatic nitrogens is 1. The summed E-state index contributed by atoms with van der Waals surface area (Å²) in [7, 11) is 4.63. The fourth-order valence-corrected chi connectivity index (χ4v) is 3.04.